The first-order valence-electron chi connectivity index (χ1n) is 5.45. The van der Waals surface area contributed by atoms with Crippen LogP contribution in [-0.2, 0) is 9.59 Å². The summed E-state index contributed by atoms with van der Waals surface area (Å²) in [6.07, 6.45) is 2.68. The van der Waals surface area contributed by atoms with Gasteiger partial charge in [-0.3, -0.25) is 9.59 Å². The van der Waals surface area contributed by atoms with Crippen LogP contribution in [0.4, 0.5) is 0 Å². The molecule has 0 aromatic carbocycles. The lowest BCUT2D eigenvalue weighted by Crippen LogP contribution is -2.38. The van der Waals surface area contributed by atoms with Crippen molar-refractivity contribution in [2.24, 2.45) is 5.41 Å². The molecule has 5 heteroatoms. The number of nitrogens with zero attached hydrogens (tertiary/aromatic N) is 2. The lowest BCUT2D eigenvalue weighted by atomic mass is 10.0. The molecule has 0 saturated heterocycles. The minimum Gasteiger partial charge on any atom is -0.347 e. The molecule has 0 unspecified atom stereocenters. The molecule has 0 aromatic heterocycles. The highest BCUT2D eigenvalue weighted by Gasteiger charge is 2.43. The van der Waals surface area contributed by atoms with Crippen molar-refractivity contribution in [2.75, 3.05) is 33.4 Å². The highest BCUT2D eigenvalue weighted by molar-refractivity contribution is 7.80. The van der Waals surface area contributed by atoms with E-state index < -0.39 is 0 Å². The summed E-state index contributed by atoms with van der Waals surface area (Å²) in [6, 6.07) is 0. The molecule has 0 N–H and O–H groups in total. The van der Waals surface area contributed by atoms with E-state index in [1.807, 2.05) is 0 Å². The van der Waals surface area contributed by atoms with E-state index in [0.717, 1.165) is 18.6 Å². The van der Waals surface area contributed by atoms with E-state index in [0.29, 0.717) is 6.42 Å². The van der Waals surface area contributed by atoms with Gasteiger partial charge in [0.25, 0.3) is 0 Å². The minimum atomic E-state index is -0.0495. The van der Waals surface area contributed by atoms with Gasteiger partial charge in [0.05, 0.1) is 6.54 Å². The van der Waals surface area contributed by atoms with Crippen molar-refractivity contribution in [3.05, 3.63) is 0 Å². The quantitative estimate of drug-likeness (QED) is 0.721. The van der Waals surface area contributed by atoms with Crippen molar-refractivity contribution >= 4 is 24.4 Å². The summed E-state index contributed by atoms with van der Waals surface area (Å²) < 4.78 is 0. The van der Waals surface area contributed by atoms with E-state index in [2.05, 4.69) is 12.6 Å². The first-order chi connectivity index (χ1) is 7.40. The average Bonchev–Trinajstić information content (AvgIpc) is 2.98. The topological polar surface area (TPSA) is 40.6 Å². The molecule has 1 fully saturated rings. The van der Waals surface area contributed by atoms with Crippen LogP contribution >= 0.6 is 12.6 Å². The molecule has 0 bridgehead atoms. The van der Waals surface area contributed by atoms with Gasteiger partial charge in [0.15, 0.2) is 0 Å². The van der Waals surface area contributed by atoms with E-state index in [9.17, 15) is 9.59 Å². The zero-order chi connectivity index (χ0) is 12.3. The lowest BCUT2D eigenvalue weighted by molar-refractivity contribution is -0.138. The third kappa shape index (κ3) is 3.40. The fourth-order valence-corrected chi connectivity index (χ4v) is 1.88. The van der Waals surface area contributed by atoms with Crippen molar-refractivity contribution in [3.63, 3.8) is 0 Å². The molecule has 0 aromatic rings. The Morgan fingerprint density at radius 1 is 1.19 bits per heavy atom. The van der Waals surface area contributed by atoms with Gasteiger partial charge in [-0.1, -0.05) is 0 Å². The standard InChI is InChI=1S/C11H20N2O2S/c1-12(2)10(15)7-13(3)9(14)6-11(8-16)4-5-11/h16H,4-8H2,1-3H3. The van der Waals surface area contributed by atoms with Crippen LogP contribution < -0.4 is 0 Å². The molecule has 92 valence electrons. The summed E-state index contributed by atoms with van der Waals surface area (Å²) in [6.45, 7) is 0.161. The monoisotopic (exact) mass is 244 g/mol. The van der Waals surface area contributed by atoms with E-state index in [1.165, 1.54) is 9.80 Å². The van der Waals surface area contributed by atoms with Gasteiger partial charge in [0.2, 0.25) is 11.8 Å². The van der Waals surface area contributed by atoms with Crippen molar-refractivity contribution < 1.29 is 9.59 Å². The Morgan fingerprint density at radius 3 is 2.12 bits per heavy atom. The SMILES string of the molecule is CN(C)C(=O)CN(C)C(=O)CC1(CS)CC1. The molecule has 0 spiro atoms. The van der Waals surface area contributed by atoms with E-state index in [-0.39, 0.29) is 23.8 Å². The smallest absolute Gasteiger partial charge is 0.241 e. The molecule has 1 saturated carbocycles. The van der Waals surface area contributed by atoms with Crippen LogP contribution in [0.5, 0.6) is 0 Å². The highest BCUT2D eigenvalue weighted by Crippen LogP contribution is 2.49. The van der Waals surface area contributed by atoms with Gasteiger partial charge in [-0.15, -0.1) is 0 Å². The third-order valence-corrected chi connectivity index (χ3v) is 3.79. The van der Waals surface area contributed by atoms with E-state index in [1.54, 1.807) is 21.1 Å². The second kappa shape index (κ2) is 5.08. The van der Waals surface area contributed by atoms with Crippen LogP contribution in [0.3, 0.4) is 0 Å². The number of hydrogen-bond acceptors (Lipinski definition) is 3. The third-order valence-electron chi connectivity index (χ3n) is 3.12. The zero-order valence-electron chi connectivity index (χ0n) is 10.2. The van der Waals surface area contributed by atoms with Crippen LogP contribution in [0.1, 0.15) is 19.3 Å². The van der Waals surface area contributed by atoms with Crippen molar-refractivity contribution in [1.29, 1.82) is 0 Å². The Kier molecular flexibility index (Phi) is 4.24. The molecule has 1 aliphatic rings. The van der Waals surface area contributed by atoms with Gasteiger partial charge in [-0.05, 0) is 24.0 Å². The number of thiol groups is 1. The zero-order valence-corrected chi connectivity index (χ0v) is 11.1. The highest BCUT2D eigenvalue weighted by atomic mass is 32.1. The summed E-state index contributed by atoms with van der Waals surface area (Å²) in [5.74, 6) is 0.752. The Morgan fingerprint density at radius 2 is 1.75 bits per heavy atom. The van der Waals surface area contributed by atoms with E-state index in [4.69, 9.17) is 0 Å². The number of amides is 2. The first kappa shape index (κ1) is 13.4. The van der Waals surface area contributed by atoms with Crippen molar-refractivity contribution in [3.8, 4) is 0 Å². The molecule has 2 amide bonds. The fourth-order valence-electron chi connectivity index (χ4n) is 1.46. The Balaban J connectivity index is 2.39. The molecule has 0 radical (unpaired) electrons. The summed E-state index contributed by atoms with van der Waals surface area (Å²) in [4.78, 5) is 26.3. The number of rotatable bonds is 5. The predicted molar refractivity (Wildman–Crippen MR) is 66.5 cm³/mol. The Labute approximate surface area is 102 Å². The van der Waals surface area contributed by atoms with Crippen molar-refractivity contribution in [1.82, 2.24) is 9.80 Å². The normalized spacial score (nSPS) is 16.8. The number of likely N-dealkylation sites (N-methyl/N-ethyl adjacent to an activating group) is 2. The second-order valence-corrected chi connectivity index (χ2v) is 5.19. The largest absolute Gasteiger partial charge is 0.347 e. The molecule has 0 aliphatic heterocycles. The lowest BCUT2D eigenvalue weighted by Gasteiger charge is -2.21. The second-order valence-electron chi connectivity index (χ2n) is 4.87. The summed E-state index contributed by atoms with van der Waals surface area (Å²) >= 11 is 4.26. The minimum absolute atomic E-state index is 0.0433. The van der Waals surface area contributed by atoms with Gasteiger partial charge in [0, 0.05) is 27.6 Å². The van der Waals surface area contributed by atoms with Crippen LogP contribution in [0.25, 0.3) is 0 Å². The van der Waals surface area contributed by atoms with Gasteiger partial charge in [-0.2, -0.15) is 12.6 Å². The van der Waals surface area contributed by atoms with Gasteiger partial charge < -0.3 is 9.80 Å². The van der Waals surface area contributed by atoms with Crippen molar-refractivity contribution in [2.45, 2.75) is 19.3 Å². The summed E-state index contributed by atoms with van der Waals surface area (Å²) in [5, 5.41) is 0. The Hall–Kier alpha value is -0.710. The van der Waals surface area contributed by atoms with Crippen LogP contribution in [0.15, 0.2) is 0 Å². The predicted octanol–water partition coefficient (Wildman–Crippen LogP) is 0.633. The van der Waals surface area contributed by atoms with Gasteiger partial charge >= 0.3 is 0 Å². The van der Waals surface area contributed by atoms with Crippen LogP contribution in [0, 0.1) is 5.41 Å². The maximum absolute atomic E-state index is 11.8. The first-order valence-corrected chi connectivity index (χ1v) is 6.08. The molecule has 0 atom stereocenters. The maximum Gasteiger partial charge on any atom is 0.241 e. The molecule has 4 nitrogen and oxygen atoms in total. The van der Waals surface area contributed by atoms with Crippen LogP contribution in [0.2, 0.25) is 0 Å². The summed E-state index contributed by atoms with van der Waals surface area (Å²) in [5.41, 5.74) is 0.121. The molecule has 1 rings (SSSR count). The Bertz CT molecular complexity index is 288. The van der Waals surface area contributed by atoms with Gasteiger partial charge in [-0.25, -0.2) is 0 Å². The number of hydrogen-bond donors (Lipinski definition) is 1. The van der Waals surface area contributed by atoms with Crippen LogP contribution in [-0.4, -0.2) is 55.1 Å². The van der Waals surface area contributed by atoms with Gasteiger partial charge in [0.1, 0.15) is 0 Å². The summed E-state index contributed by atoms with van der Waals surface area (Å²) in [7, 11) is 5.06. The molecule has 0 heterocycles. The molecular formula is C11H20N2O2S. The molecule has 1 aliphatic carbocycles. The average molecular weight is 244 g/mol. The number of carbonyl (C=O) groups excluding carboxylic acids is 2. The maximum atomic E-state index is 11.8. The molecular weight excluding hydrogens is 224 g/mol. The molecule has 16 heavy (non-hydrogen) atoms. The fraction of sp³-hybridized carbons (Fsp3) is 0.818. The number of carbonyl (C=O) groups is 2. The van der Waals surface area contributed by atoms with E-state index >= 15 is 0 Å².